The Kier molecular flexibility index (Phi) is 4.57. The van der Waals surface area contributed by atoms with Gasteiger partial charge in [-0.05, 0) is 43.4 Å². The van der Waals surface area contributed by atoms with Gasteiger partial charge in [-0.25, -0.2) is 9.37 Å². The molecule has 5 nitrogen and oxygen atoms in total. The molecule has 26 heavy (non-hydrogen) atoms. The molecule has 2 heterocycles. The first kappa shape index (κ1) is 16.9. The summed E-state index contributed by atoms with van der Waals surface area (Å²) in [5, 5.41) is 0. The van der Waals surface area contributed by atoms with Crippen molar-refractivity contribution in [3.63, 3.8) is 0 Å². The topological polar surface area (TPSA) is 66.1 Å². The summed E-state index contributed by atoms with van der Waals surface area (Å²) in [6.07, 6.45) is 7.10. The first-order valence-electron chi connectivity index (χ1n) is 9.29. The lowest BCUT2D eigenvalue weighted by atomic mass is 10.00. The number of halogens is 1. The van der Waals surface area contributed by atoms with Crippen LogP contribution in [0.15, 0.2) is 35.3 Å². The average Bonchev–Trinajstić information content (AvgIpc) is 3.47. The van der Waals surface area contributed by atoms with E-state index in [-0.39, 0.29) is 28.9 Å². The van der Waals surface area contributed by atoms with Crippen LogP contribution in [0.25, 0.3) is 0 Å². The van der Waals surface area contributed by atoms with E-state index in [0.29, 0.717) is 18.3 Å². The van der Waals surface area contributed by atoms with Gasteiger partial charge >= 0.3 is 0 Å². The van der Waals surface area contributed by atoms with Crippen LogP contribution in [0.1, 0.15) is 72.2 Å². The van der Waals surface area contributed by atoms with E-state index in [1.807, 2.05) is 6.07 Å². The lowest BCUT2D eigenvalue weighted by Crippen LogP contribution is -2.38. The average molecular weight is 355 g/mol. The van der Waals surface area contributed by atoms with Gasteiger partial charge in [-0.2, -0.15) is 0 Å². The molecule has 1 atom stereocenters. The van der Waals surface area contributed by atoms with Gasteiger partial charge in [0.05, 0.1) is 6.04 Å². The van der Waals surface area contributed by atoms with E-state index in [1.165, 1.54) is 18.3 Å². The van der Waals surface area contributed by atoms with Gasteiger partial charge in [-0.1, -0.05) is 25.0 Å². The second kappa shape index (κ2) is 7.02. The monoisotopic (exact) mass is 355 g/mol. The Labute approximate surface area is 151 Å². The summed E-state index contributed by atoms with van der Waals surface area (Å²) in [6.45, 7) is 0.559. The number of benzene rings is 1. The molecular formula is C20H22FN3O2. The van der Waals surface area contributed by atoms with Crippen LogP contribution in [0.3, 0.4) is 0 Å². The Balaban J connectivity index is 1.66. The third-order valence-electron chi connectivity index (χ3n) is 5.26. The molecule has 0 radical (unpaired) electrons. The summed E-state index contributed by atoms with van der Waals surface area (Å²) in [6, 6.07) is 6.17. The minimum absolute atomic E-state index is 0.0673. The highest BCUT2D eigenvalue weighted by Crippen LogP contribution is 2.37. The standard InChI is InChI=1S/C20H22FN3O2/c21-15-6-4-5-14(11-15)17-7-2-1-3-10-24(17)20(26)16-12-22-18(13-8-9-13)23-19(16)25/h4-6,11-13,17H,1-3,7-10H2,(H,22,23,25)/t17-/m0/s1. The molecular weight excluding hydrogens is 333 g/mol. The second-order valence-corrected chi connectivity index (χ2v) is 7.20. The Morgan fingerprint density at radius 1 is 1.19 bits per heavy atom. The highest BCUT2D eigenvalue weighted by Gasteiger charge is 2.31. The first-order chi connectivity index (χ1) is 12.6. The molecule has 1 saturated carbocycles. The number of likely N-dealkylation sites (tertiary alicyclic amines) is 1. The lowest BCUT2D eigenvalue weighted by molar-refractivity contribution is 0.0678. The molecule has 0 bridgehead atoms. The maximum absolute atomic E-state index is 13.7. The smallest absolute Gasteiger partial charge is 0.263 e. The number of H-pyrrole nitrogens is 1. The summed E-state index contributed by atoms with van der Waals surface area (Å²) in [7, 11) is 0. The van der Waals surface area contributed by atoms with Crippen molar-refractivity contribution in [1.29, 1.82) is 0 Å². The van der Waals surface area contributed by atoms with E-state index in [1.54, 1.807) is 11.0 Å². The molecule has 0 spiro atoms. The predicted molar refractivity (Wildman–Crippen MR) is 95.5 cm³/mol. The van der Waals surface area contributed by atoms with Gasteiger partial charge in [-0.15, -0.1) is 0 Å². The van der Waals surface area contributed by atoms with Crippen LogP contribution in [0.4, 0.5) is 4.39 Å². The minimum atomic E-state index is -0.380. The fourth-order valence-corrected chi connectivity index (χ4v) is 3.69. The van der Waals surface area contributed by atoms with Crippen LogP contribution in [-0.2, 0) is 0 Å². The van der Waals surface area contributed by atoms with Gasteiger partial charge in [0.1, 0.15) is 17.2 Å². The predicted octanol–water partition coefficient (Wildman–Crippen LogP) is 3.54. The Bertz CT molecular complexity index is 875. The normalized spacial score (nSPS) is 20.7. The summed E-state index contributed by atoms with van der Waals surface area (Å²) in [5.74, 6) is 0.360. The van der Waals surface area contributed by atoms with Crippen molar-refractivity contribution in [3.05, 3.63) is 63.6 Å². The van der Waals surface area contributed by atoms with E-state index in [0.717, 1.165) is 44.1 Å². The number of nitrogens with one attached hydrogen (secondary N) is 1. The SMILES string of the molecule is O=C(c1cnc(C2CC2)[nH]c1=O)N1CCCCC[C@H]1c1cccc(F)c1. The molecule has 136 valence electrons. The van der Waals surface area contributed by atoms with E-state index in [9.17, 15) is 14.0 Å². The number of rotatable bonds is 3. The molecule has 1 saturated heterocycles. The molecule has 2 fully saturated rings. The molecule has 2 aliphatic rings. The third-order valence-corrected chi connectivity index (χ3v) is 5.26. The molecule has 1 aliphatic carbocycles. The Hall–Kier alpha value is -2.50. The molecule has 4 rings (SSSR count). The van der Waals surface area contributed by atoms with Crippen molar-refractivity contribution < 1.29 is 9.18 Å². The van der Waals surface area contributed by atoms with Crippen LogP contribution in [0.5, 0.6) is 0 Å². The van der Waals surface area contributed by atoms with Gasteiger partial charge < -0.3 is 9.88 Å². The van der Waals surface area contributed by atoms with Crippen LogP contribution < -0.4 is 5.56 Å². The fraction of sp³-hybridized carbons (Fsp3) is 0.450. The highest BCUT2D eigenvalue weighted by atomic mass is 19.1. The molecule has 0 unspecified atom stereocenters. The zero-order valence-corrected chi connectivity index (χ0v) is 14.6. The molecule has 1 N–H and O–H groups in total. The third kappa shape index (κ3) is 3.41. The maximum atomic E-state index is 13.7. The first-order valence-corrected chi connectivity index (χ1v) is 9.29. The summed E-state index contributed by atoms with van der Waals surface area (Å²) in [5.41, 5.74) is 0.464. The number of hydrogen-bond donors (Lipinski definition) is 1. The van der Waals surface area contributed by atoms with Crippen LogP contribution in [0.2, 0.25) is 0 Å². The van der Waals surface area contributed by atoms with Crippen LogP contribution in [0, 0.1) is 5.82 Å². The molecule has 1 amide bonds. The summed E-state index contributed by atoms with van der Waals surface area (Å²) in [4.78, 5) is 34.3. The van der Waals surface area contributed by atoms with Crippen molar-refractivity contribution >= 4 is 5.91 Å². The zero-order valence-electron chi connectivity index (χ0n) is 14.6. The number of amides is 1. The molecule has 2 aromatic rings. The van der Waals surface area contributed by atoms with Crippen molar-refractivity contribution in [2.24, 2.45) is 0 Å². The largest absolute Gasteiger partial charge is 0.331 e. The molecule has 1 aliphatic heterocycles. The second-order valence-electron chi connectivity index (χ2n) is 7.20. The molecule has 6 heteroatoms. The fourth-order valence-electron chi connectivity index (χ4n) is 3.69. The molecule has 1 aromatic heterocycles. The van der Waals surface area contributed by atoms with Gasteiger partial charge in [0.2, 0.25) is 0 Å². The number of carbonyl (C=O) groups is 1. The zero-order chi connectivity index (χ0) is 18.1. The number of aromatic amines is 1. The Morgan fingerprint density at radius 2 is 2.04 bits per heavy atom. The number of aromatic nitrogens is 2. The van der Waals surface area contributed by atoms with Crippen molar-refractivity contribution in [3.8, 4) is 0 Å². The quantitative estimate of drug-likeness (QED) is 0.916. The molecule has 1 aromatic carbocycles. The minimum Gasteiger partial charge on any atom is -0.331 e. The summed E-state index contributed by atoms with van der Waals surface area (Å²) >= 11 is 0. The highest BCUT2D eigenvalue weighted by molar-refractivity contribution is 5.93. The Morgan fingerprint density at radius 3 is 2.77 bits per heavy atom. The van der Waals surface area contributed by atoms with E-state index >= 15 is 0 Å². The maximum Gasteiger partial charge on any atom is 0.263 e. The van der Waals surface area contributed by atoms with Gasteiger partial charge in [-0.3, -0.25) is 9.59 Å². The number of carbonyl (C=O) groups excluding carboxylic acids is 1. The van der Waals surface area contributed by atoms with Crippen molar-refractivity contribution in [2.45, 2.75) is 50.5 Å². The lowest BCUT2D eigenvalue weighted by Gasteiger charge is -2.30. The van der Waals surface area contributed by atoms with E-state index in [4.69, 9.17) is 0 Å². The number of nitrogens with zero attached hydrogens (tertiary/aromatic N) is 2. The van der Waals surface area contributed by atoms with Gasteiger partial charge in [0.25, 0.3) is 11.5 Å². The van der Waals surface area contributed by atoms with Crippen molar-refractivity contribution in [2.75, 3.05) is 6.54 Å². The summed E-state index contributed by atoms with van der Waals surface area (Å²) < 4.78 is 13.7. The van der Waals surface area contributed by atoms with E-state index < -0.39 is 0 Å². The van der Waals surface area contributed by atoms with Gasteiger partial charge in [0, 0.05) is 18.7 Å². The van der Waals surface area contributed by atoms with Crippen LogP contribution >= 0.6 is 0 Å². The van der Waals surface area contributed by atoms with Crippen molar-refractivity contribution in [1.82, 2.24) is 14.9 Å². The van der Waals surface area contributed by atoms with Crippen LogP contribution in [-0.4, -0.2) is 27.3 Å². The van der Waals surface area contributed by atoms with Gasteiger partial charge in [0.15, 0.2) is 0 Å². The number of hydrogen-bond acceptors (Lipinski definition) is 3. The van der Waals surface area contributed by atoms with E-state index in [2.05, 4.69) is 9.97 Å².